The Kier molecular flexibility index (Phi) is 4.33. The van der Waals surface area contributed by atoms with E-state index < -0.39 is 0 Å². The van der Waals surface area contributed by atoms with E-state index in [2.05, 4.69) is 45.0 Å². The number of nitrogens with two attached hydrogens (primary N) is 1. The number of anilines is 1. The zero-order valence-electron chi connectivity index (χ0n) is 10.3. The van der Waals surface area contributed by atoms with Crippen molar-refractivity contribution in [3.05, 3.63) is 58.3 Å². The molecule has 1 aromatic carbocycles. The quantitative estimate of drug-likeness (QED) is 0.944. The van der Waals surface area contributed by atoms with E-state index in [0.29, 0.717) is 6.54 Å². The third-order valence-electron chi connectivity index (χ3n) is 2.81. The number of rotatable bonds is 4. The topological polar surface area (TPSA) is 42.1 Å². The predicted octanol–water partition coefficient (Wildman–Crippen LogP) is 2.94. The van der Waals surface area contributed by atoms with Crippen molar-refractivity contribution in [3.8, 4) is 0 Å². The number of aromatic nitrogens is 1. The van der Waals surface area contributed by atoms with Crippen molar-refractivity contribution in [2.45, 2.75) is 13.1 Å². The molecule has 2 rings (SSSR count). The fourth-order valence-corrected chi connectivity index (χ4v) is 2.44. The van der Waals surface area contributed by atoms with E-state index in [1.54, 1.807) is 6.20 Å². The Bertz CT molecular complexity index is 528. The molecule has 0 radical (unpaired) electrons. The van der Waals surface area contributed by atoms with Crippen LogP contribution < -0.4 is 10.6 Å². The standard InChI is InChI=1S/C14H16BrN3/c1-18(14-5-6-17-9-13(14)15)10-12-4-2-3-11(7-12)8-16/h2-7,9H,8,10,16H2,1H3. The van der Waals surface area contributed by atoms with Gasteiger partial charge in [-0.15, -0.1) is 0 Å². The summed E-state index contributed by atoms with van der Waals surface area (Å²) < 4.78 is 1.00. The van der Waals surface area contributed by atoms with Crippen molar-refractivity contribution in [1.29, 1.82) is 0 Å². The van der Waals surface area contributed by atoms with Crippen LogP contribution in [0.2, 0.25) is 0 Å². The highest BCUT2D eigenvalue weighted by Crippen LogP contribution is 2.24. The molecule has 18 heavy (non-hydrogen) atoms. The molecule has 0 aliphatic heterocycles. The maximum Gasteiger partial charge on any atom is 0.0592 e. The second-order valence-corrected chi connectivity index (χ2v) is 5.06. The third-order valence-corrected chi connectivity index (χ3v) is 3.42. The first-order valence-corrected chi connectivity index (χ1v) is 6.58. The molecule has 3 nitrogen and oxygen atoms in total. The van der Waals surface area contributed by atoms with Gasteiger partial charge in [-0.05, 0) is 33.1 Å². The van der Waals surface area contributed by atoms with Crippen LogP contribution in [0.25, 0.3) is 0 Å². The largest absolute Gasteiger partial charge is 0.369 e. The number of hydrogen-bond acceptors (Lipinski definition) is 3. The molecule has 2 aromatic rings. The average molecular weight is 306 g/mol. The molecular formula is C14H16BrN3. The molecule has 0 atom stereocenters. The Labute approximate surface area is 116 Å². The number of benzene rings is 1. The lowest BCUT2D eigenvalue weighted by Gasteiger charge is -2.20. The second-order valence-electron chi connectivity index (χ2n) is 4.21. The number of nitrogens with zero attached hydrogens (tertiary/aromatic N) is 2. The summed E-state index contributed by atoms with van der Waals surface area (Å²) in [5, 5.41) is 0. The van der Waals surface area contributed by atoms with Gasteiger partial charge in [0.25, 0.3) is 0 Å². The average Bonchev–Trinajstić information content (AvgIpc) is 2.39. The third kappa shape index (κ3) is 3.09. The van der Waals surface area contributed by atoms with Gasteiger partial charge in [0.15, 0.2) is 0 Å². The molecule has 0 saturated carbocycles. The molecule has 0 unspecified atom stereocenters. The van der Waals surface area contributed by atoms with E-state index in [-0.39, 0.29) is 0 Å². The highest BCUT2D eigenvalue weighted by Gasteiger charge is 2.06. The Hall–Kier alpha value is -1.39. The normalized spacial score (nSPS) is 10.4. The van der Waals surface area contributed by atoms with Gasteiger partial charge in [0.1, 0.15) is 0 Å². The van der Waals surface area contributed by atoms with Crippen LogP contribution in [-0.2, 0) is 13.1 Å². The van der Waals surface area contributed by atoms with Gasteiger partial charge >= 0.3 is 0 Å². The lowest BCUT2D eigenvalue weighted by atomic mass is 10.1. The zero-order chi connectivity index (χ0) is 13.0. The Morgan fingerprint density at radius 1 is 1.28 bits per heavy atom. The molecular weight excluding hydrogens is 290 g/mol. The van der Waals surface area contributed by atoms with Crippen molar-refractivity contribution in [1.82, 2.24) is 4.98 Å². The van der Waals surface area contributed by atoms with Crippen LogP contribution in [-0.4, -0.2) is 12.0 Å². The molecule has 0 fully saturated rings. The van der Waals surface area contributed by atoms with Gasteiger partial charge in [-0.2, -0.15) is 0 Å². The van der Waals surface area contributed by atoms with Crippen LogP contribution in [0.1, 0.15) is 11.1 Å². The van der Waals surface area contributed by atoms with Crippen molar-refractivity contribution >= 4 is 21.6 Å². The summed E-state index contributed by atoms with van der Waals surface area (Å²) in [6.07, 6.45) is 3.61. The number of pyridine rings is 1. The first kappa shape index (κ1) is 13.1. The van der Waals surface area contributed by atoms with E-state index in [9.17, 15) is 0 Å². The van der Waals surface area contributed by atoms with Crippen LogP contribution in [0, 0.1) is 0 Å². The fraction of sp³-hybridized carbons (Fsp3) is 0.214. The van der Waals surface area contributed by atoms with Gasteiger partial charge in [-0.3, -0.25) is 4.98 Å². The summed E-state index contributed by atoms with van der Waals surface area (Å²) >= 11 is 3.51. The van der Waals surface area contributed by atoms with E-state index in [1.807, 2.05) is 24.4 Å². The van der Waals surface area contributed by atoms with E-state index in [1.165, 1.54) is 5.56 Å². The lowest BCUT2D eigenvalue weighted by Crippen LogP contribution is -2.17. The van der Waals surface area contributed by atoms with Gasteiger partial charge in [0, 0.05) is 32.5 Å². The summed E-state index contributed by atoms with van der Waals surface area (Å²) in [5.74, 6) is 0. The van der Waals surface area contributed by atoms with Gasteiger partial charge in [-0.1, -0.05) is 24.3 Å². The fourth-order valence-electron chi connectivity index (χ4n) is 1.89. The number of hydrogen-bond donors (Lipinski definition) is 1. The first-order valence-electron chi connectivity index (χ1n) is 5.79. The molecule has 4 heteroatoms. The minimum absolute atomic E-state index is 0.580. The minimum atomic E-state index is 0.580. The number of halogens is 1. The Morgan fingerprint density at radius 2 is 2.06 bits per heavy atom. The highest BCUT2D eigenvalue weighted by molar-refractivity contribution is 9.10. The van der Waals surface area contributed by atoms with Crippen molar-refractivity contribution < 1.29 is 0 Å². The summed E-state index contributed by atoms with van der Waals surface area (Å²) in [6.45, 7) is 1.42. The molecule has 0 aliphatic rings. The SMILES string of the molecule is CN(Cc1cccc(CN)c1)c1ccncc1Br. The summed E-state index contributed by atoms with van der Waals surface area (Å²) in [7, 11) is 2.06. The monoisotopic (exact) mass is 305 g/mol. The molecule has 0 spiro atoms. The molecule has 2 N–H and O–H groups in total. The van der Waals surface area contributed by atoms with Crippen molar-refractivity contribution in [2.24, 2.45) is 5.73 Å². The summed E-state index contributed by atoms with van der Waals surface area (Å²) in [5.41, 5.74) is 9.20. The van der Waals surface area contributed by atoms with Crippen LogP contribution >= 0.6 is 15.9 Å². The molecule has 0 amide bonds. The van der Waals surface area contributed by atoms with Gasteiger partial charge in [0.2, 0.25) is 0 Å². The van der Waals surface area contributed by atoms with Gasteiger partial charge in [-0.25, -0.2) is 0 Å². The molecule has 0 saturated heterocycles. The first-order chi connectivity index (χ1) is 8.70. The van der Waals surface area contributed by atoms with Crippen LogP contribution in [0.3, 0.4) is 0 Å². The predicted molar refractivity (Wildman–Crippen MR) is 78.4 cm³/mol. The smallest absolute Gasteiger partial charge is 0.0592 e. The maximum atomic E-state index is 5.66. The minimum Gasteiger partial charge on any atom is -0.369 e. The zero-order valence-corrected chi connectivity index (χ0v) is 11.9. The molecule has 0 bridgehead atoms. The molecule has 1 heterocycles. The van der Waals surface area contributed by atoms with Crippen LogP contribution in [0.15, 0.2) is 47.2 Å². The molecule has 0 aliphatic carbocycles. The van der Waals surface area contributed by atoms with Crippen LogP contribution in [0.4, 0.5) is 5.69 Å². The van der Waals surface area contributed by atoms with Crippen LogP contribution in [0.5, 0.6) is 0 Å². The van der Waals surface area contributed by atoms with Gasteiger partial charge < -0.3 is 10.6 Å². The van der Waals surface area contributed by atoms with Crippen molar-refractivity contribution in [2.75, 3.05) is 11.9 Å². The second kappa shape index (κ2) is 5.98. The van der Waals surface area contributed by atoms with Gasteiger partial charge in [0.05, 0.1) is 10.2 Å². The Morgan fingerprint density at radius 3 is 2.78 bits per heavy atom. The van der Waals surface area contributed by atoms with Crippen molar-refractivity contribution in [3.63, 3.8) is 0 Å². The van der Waals surface area contributed by atoms with E-state index >= 15 is 0 Å². The van der Waals surface area contributed by atoms with E-state index in [4.69, 9.17) is 5.73 Å². The molecule has 1 aromatic heterocycles. The summed E-state index contributed by atoms with van der Waals surface area (Å²) in [4.78, 5) is 6.25. The molecule has 94 valence electrons. The lowest BCUT2D eigenvalue weighted by molar-refractivity contribution is 0.911. The highest BCUT2D eigenvalue weighted by atomic mass is 79.9. The maximum absolute atomic E-state index is 5.66. The summed E-state index contributed by atoms with van der Waals surface area (Å²) in [6, 6.07) is 10.4. The van der Waals surface area contributed by atoms with E-state index in [0.717, 1.165) is 22.3 Å². The Balaban J connectivity index is 2.16.